The van der Waals surface area contributed by atoms with Crippen LogP contribution in [0.4, 0.5) is 8.78 Å². The standard InChI is InChI=1S/C19H15F2NO3S/c1-11(18(23)22-10-12-5-7-13(20)8-6-12)25-19(24)17-9-14-15(21)3-2-4-16(14)26-17/h2-9,11H,10H2,1H3,(H,22,23). The van der Waals surface area contributed by atoms with Gasteiger partial charge in [-0.05, 0) is 42.8 Å². The first kappa shape index (κ1) is 18.0. The van der Waals surface area contributed by atoms with Crippen LogP contribution in [-0.2, 0) is 16.1 Å². The number of rotatable bonds is 5. The summed E-state index contributed by atoms with van der Waals surface area (Å²) in [4.78, 5) is 24.5. The summed E-state index contributed by atoms with van der Waals surface area (Å²) < 4.78 is 32.3. The summed E-state index contributed by atoms with van der Waals surface area (Å²) >= 11 is 1.10. The molecule has 0 aliphatic rings. The van der Waals surface area contributed by atoms with Gasteiger partial charge in [0.15, 0.2) is 6.10 Å². The molecule has 26 heavy (non-hydrogen) atoms. The minimum absolute atomic E-state index is 0.190. The predicted molar refractivity (Wildman–Crippen MR) is 94.9 cm³/mol. The van der Waals surface area contributed by atoms with Crippen LogP contribution >= 0.6 is 11.3 Å². The molecule has 0 aliphatic heterocycles. The summed E-state index contributed by atoms with van der Waals surface area (Å²) in [5, 5.41) is 2.96. The third-order valence-corrected chi connectivity index (χ3v) is 4.82. The Labute approximate surface area is 152 Å². The Balaban J connectivity index is 1.59. The Morgan fingerprint density at radius 3 is 2.58 bits per heavy atom. The van der Waals surface area contributed by atoms with E-state index < -0.39 is 23.8 Å². The molecule has 3 rings (SSSR count). The molecule has 0 saturated carbocycles. The summed E-state index contributed by atoms with van der Waals surface area (Å²) in [5.74, 6) is -1.94. The van der Waals surface area contributed by atoms with Gasteiger partial charge in [0.2, 0.25) is 0 Å². The van der Waals surface area contributed by atoms with E-state index >= 15 is 0 Å². The van der Waals surface area contributed by atoms with E-state index in [1.807, 2.05) is 0 Å². The molecular formula is C19H15F2NO3S. The fraction of sp³-hybridized carbons (Fsp3) is 0.158. The SMILES string of the molecule is CC(OC(=O)c1cc2c(F)cccc2s1)C(=O)NCc1ccc(F)cc1. The molecule has 0 fully saturated rings. The van der Waals surface area contributed by atoms with Gasteiger partial charge in [0.25, 0.3) is 5.91 Å². The number of amides is 1. The second kappa shape index (κ2) is 7.61. The highest BCUT2D eigenvalue weighted by atomic mass is 32.1. The van der Waals surface area contributed by atoms with Crippen LogP contribution in [-0.4, -0.2) is 18.0 Å². The molecule has 2 aromatic carbocycles. The van der Waals surface area contributed by atoms with Gasteiger partial charge >= 0.3 is 5.97 Å². The second-order valence-corrected chi connectivity index (χ2v) is 6.74. The maximum absolute atomic E-state index is 13.7. The van der Waals surface area contributed by atoms with E-state index in [0.29, 0.717) is 10.1 Å². The molecular weight excluding hydrogens is 360 g/mol. The van der Waals surface area contributed by atoms with E-state index in [4.69, 9.17) is 4.74 Å². The van der Waals surface area contributed by atoms with Crippen LogP contribution in [0.1, 0.15) is 22.2 Å². The smallest absolute Gasteiger partial charge is 0.349 e. The highest BCUT2D eigenvalue weighted by Crippen LogP contribution is 2.28. The fourth-order valence-electron chi connectivity index (χ4n) is 2.33. The predicted octanol–water partition coefficient (Wildman–Crippen LogP) is 4.04. The minimum Gasteiger partial charge on any atom is -0.448 e. The van der Waals surface area contributed by atoms with Gasteiger partial charge in [0, 0.05) is 16.6 Å². The first-order chi connectivity index (χ1) is 12.4. The van der Waals surface area contributed by atoms with Gasteiger partial charge in [-0.15, -0.1) is 11.3 Å². The molecule has 1 unspecified atom stereocenters. The van der Waals surface area contributed by atoms with Crippen LogP contribution in [0.15, 0.2) is 48.5 Å². The first-order valence-electron chi connectivity index (χ1n) is 7.85. The minimum atomic E-state index is -1.02. The number of hydrogen-bond acceptors (Lipinski definition) is 4. The van der Waals surface area contributed by atoms with Crippen molar-refractivity contribution in [2.24, 2.45) is 0 Å². The van der Waals surface area contributed by atoms with Crippen molar-refractivity contribution in [3.63, 3.8) is 0 Å². The van der Waals surface area contributed by atoms with Crippen molar-refractivity contribution in [1.82, 2.24) is 5.32 Å². The highest BCUT2D eigenvalue weighted by molar-refractivity contribution is 7.20. The lowest BCUT2D eigenvalue weighted by atomic mass is 10.2. The van der Waals surface area contributed by atoms with Gasteiger partial charge in [-0.1, -0.05) is 18.2 Å². The number of ether oxygens (including phenoxy) is 1. The third-order valence-electron chi connectivity index (χ3n) is 3.74. The monoisotopic (exact) mass is 375 g/mol. The van der Waals surface area contributed by atoms with Crippen LogP contribution in [0.5, 0.6) is 0 Å². The number of halogens is 2. The maximum atomic E-state index is 13.7. The van der Waals surface area contributed by atoms with E-state index in [0.717, 1.165) is 16.9 Å². The topological polar surface area (TPSA) is 55.4 Å². The van der Waals surface area contributed by atoms with E-state index in [1.54, 1.807) is 24.3 Å². The van der Waals surface area contributed by atoms with Crippen molar-refractivity contribution < 1.29 is 23.1 Å². The van der Waals surface area contributed by atoms with Crippen LogP contribution in [0.2, 0.25) is 0 Å². The summed E-state index contributed by atoms with van der Waals surface area (Å²) in [6, 6.07) is 11.7. The number of carbonyl (C=O) groups is 2. The zero-order chi connectivity index (χ0) is 18.7. The summed E-state index contributed by atoms with van der Waals surface area (Å²) in [6.07, 6.45) is -1.02. The number of esters is 1. The molecule has 0 saturated heterocycles. The van der Waals surface area contributed by atoms with Crippen molar-refractivity contribution in [3.05, 3.63) is 70.6 Å². The van der Waals surface area contributed by atoms with Gasteiger partial charge in [-0.3, -0.25) is 4.79 Å². The Kier molecular flexibility index (Phi) is 5.27. The molecule has 1 heterocycles. The fourth-order valence-corrected chi connectivity index (χ4v) is 3.29. The molecule has 1 aromatic heterocycles. The third kappa shape index (κ3) is 4.05. The number of carbonyl (C=O) groups excluding carboxylic acids is 2. The average Bonchev–Trinajstić information content (AvgIpc) is 3.07. The van der Waals surface area contributed by atoms with Gasteiger partial charge in [-0.25, -0.2) is 13.6 Å². The number of nitrogens with one attached hydrogen (secondary N) is 1. The van der Waals surface area contributed by atoms with Crippen molar-refractivity contribution in [3.8, 4) is 0 Å². The quantitative estimate of drug-likeness (QED) is 0.685. The molecule has 3 aromatic rings. The Morgan fingerprint density at radius 2 is 1.88 bits per heavy atom. The lowest BCUT2D eigenvalue weighted by Gasteiger charge is -2.13. The lowest BCUT2D eigenvalue weighted by molar-refractivity contribution is -0.129. The van der Waals surface area contributed by atoms with Crippen LogP contribution in [0.3, 0.4) is 0 Å². The van der Waals surface area contributed by atoms with Crippen molar-refractivity contribution >= 4 is 33.3 Å². The van der Waals surface area contributed by atoms with Crippen LogP contribution in [0, 0.1) is 11.6 Å². The zero-order valence-electron chi connectivity index (χ0n) is 13.8. The normalized spacial score (nSPS) is 12.0. The largest absolute Gasteiger partial charge is 0.448 e. The van der Waals surface area contributed by atoms with Crippen molar-refractivity contribution in [2.75, 3.05) is 0 Å². The Morgan fingerprint density at radius 1 is 1.15 bits per heavy atom. The molecule has 1 N–H and O–H groups in total. The van der Waals surface area contributed by atoms with Gasteiger partial charge in [0.1, 0.15) is 16.5 Å². The highest BCUT2D eigenvalue weighted by Gasteiger charge is 2.20. The number of fused-ring (bicyclic) bond motifs is 1. The van der Waals surface area contributed by atoms with Gasteiger partial charge < -0.3 is 10.1 Å². The van der Waals surface area contributed by atoms with Crippen LogP contribution < -0.4 is 5.32 Å². The summed E-state index contributed by atoms with van der Waals surface area (Å²) in [6.45, 7) is 1.64. The number of hydrogen-bond donors (Lipinski definition) is 1. The molecule has 0 spiro atoms. The van der Waals surface area contributed by atoms with E-state index in [1.165, 1.54) is 31.2 Å². The second-order valence-electron chi connectivity index (χ2n) is 5.65. The molecule has 0 radical (unpaired) electrons. The van der Waals surface area contributed by atoms with E-state index in [9.17, 15) is 18.4 Å². The molecule has 1 atom stereocenters. The zero-order valence-corrected chi connectivity index (χ0v) is 14.6. The Hall–Kier alpha value is -2.80. The molecule has 1 amide bonds. The van der Waals surface area contributed by atoms with E-state index in [-0.39, 0.29) is 17.2 Å². The van der Waals surface area contributed by atoms with Crippen molar-refractivity contribution in [1.29, 1.82) is 0 Å². The van der Waals surface area contributed by atoms with Gasteiger partial charge in [0.05, 0.1) is 0 Å². The molecule has 0 bridgehead atoms. The van der Waals surface area contributed by atoms with Crippen LogP contribution in [0.25, 0.3) is 10.1 Å². The molecule has 4 nitrogen and oxygen atoms in total. The summed E-state index contributed by atoms with van der Waals surface area (Å²) in [5.41, 5.74) is 0.721. The number of benzene rings is 2. The first-order valence-corrected chi connectivity index (χ1v) is 8.67. The molecule has 134 valence electrons. The maximum Gasteiger partial charge on any atom is 0.349 e. The number of thiophene rings is 1. The summed E-state index contributed by atoms with van der Waals surface area (Å²) in [7, 11) is 0. The Bertz CT molecular complexity index is 953. The molecule has 7 heteroatoms. The average molecular weight is 375 g/mol. The lowest BCUT2D eigenvalue weighted by Crippen LogP contribution is -2.35. The van der Waals surface area contributed by atoms with Gasteiger partial charge in [-0.2, -0.15) is 0 Å². The molecule has 0 aliphatic carbocycles. The van der Waals surface area contributed by atoms with E-state index in [2.05, 4.69) is 5.32 Å². The van der Waals surface area contributed by atoms with Crippen molar-refractivity contribution in [2.45, 2.75) is 19.6 Å².